The van der Waals surface area contributed by atoms with E-state index in [2.05, 4.69) is 5.32 Å². The number of carbonyl (C=O) groups excluding carboxylic acids is 1. The molecule has 0 radical (unpaired) electrons. The van der Waals surface area contributed by atoms with E-state index >= 15 is 0 Å². The highest BCUT2D eigenvalue weighted by Crippen LogP contribution is 2.16. The lowest BCUT2D eigenvalue weighted by molar-refractivity contribution is 0.215. The lowest BCUT2D eigenvalue weighted by Crippen LogP contribution is -2.49. The molecule has 1 aromatic rings. The van der Waals surface area contributed by atoms with E-state index in [0.717, 1.165) is 4.31 Å². The summed E-state index contributed by atoms with van der Waals surface area (Å²) in [6, 6.07) is 7.42. The van der Waals surface area contributed by atoms with E-state index < -0.39 is 16.1 Å². The largest absolute Gasteiger partial charge is 0.337 e. The van der Waals surface area contributed by atoms with E-state index in [1.165, 1.54) is 12.1 Å². The minimum absolute atomic E-state index is 0.145. The maximum atomic E-state index is 12.1. The van der Waals surface area contributed by atoms with Crippen molar-refractivity contribution in [2.75, 3.05) is 13.1 Å². The van der Waals surface area contributed by atoms with E-state index in [1.54, 1.807) is 18.2 Å². The van der Waals surface area contributed by atoms with Crippen molar-refractivity contribution in [1.29, 1.82) is 0 Å². The first-order valence-electron chi connectivity index (χ1n) is 4.98. The maximum absolute atomic E-state index is 12.1. The lowest BCUT2D eigenvalue weighted by Gasteiger charge is -2.26. The zero-order valence-corrected chi connectivity index (χ0v) is 9.40. The predicted molar refractivity (Wildman–Crippen MR) is 58.3 cm³/mol. The van der Waals surface area contributed by atoms with Crippen molar-refractivity contribution in [3.63, 3.8) is 0 Å². The number of sulfonamides is 1. The van der Waals surface area contributed by atoms with Crippen LogP contribution in [0.2, 0.25) is 0 Å². The Morgan fingerprint density at radius 3 is 2.50 bits per heavy atom. The van der Waals surface area contributed by atoms with Gasteiger partial charge in [0.15, 0.2) is 0 Å². The quantitative estimate of drug-likeness (QED) is 0.831. The van der Waals surface area contributed by atoms with Gasteiger partial charge in [0, 0.05) is 13.1 Å². The lowest BCUT2D eigenvalue weighted by atomic mass is 10.4. The average Bonchev–Trinajstić information content (AvgIpc) is 2.30. The molecule has 1 aromatic carbocycles. The van der Waals surface area contributed by atoms with Gasteiger partial charge in [0.1, 0.15) is 0 Å². The molecule has 0 spiro atoms. The number of urea groups is 1. The molecule has 16 heavy (non-hydrogen) atoms. The fourth-order valence-corrected chi connectivity index (χ4v) is 2.96. The second-order valence-corrected chi connectivity index (χ2v) is 5.34. The van der Waals surface area contributed by atoms with Crippen LogP contribution in [0.25, 0.3) is 0 Å². The maximum Gasteiger partial charge on any atom is 0.331 e. The van der Waals surface area contributed by atoms with E-state index in [0.29, 0.717) is 13.0 Å². The average molecular weight is 240 g/mol. The zero-order chi connectivity index (χ0) is 11.6. The van der Waals surface area contributed by atoms with Crippen molar-refractivity contribution in [3.05, 3.63) is 30.3 Å². The van der Waals surface area contributed by atoms with Gasteiger partial charge in [-0.2, -0.15) is 0 Å². The highest BCUT2D eigenvalue weighted by atomic mass is 32.2. The standard InChI is InChI=1S/C10H12N2O3S/c13-10-11-7-4-8-12(10)16(14,15)9-5-2-1-3-6-9/h1-3,5-6H,4,7-8H2,(H,11,13). The molecule has 1 fully saturated rings. The van der Waals surface area contributed by atoms with Crippen LogP contribution in [0.4, 0.5) is 4.79 Å². The molecule has 0 unspecified atom stereocenters. The Labute approximate surface area is 94.1 Å². The SMILES string of the molecule is O=C1NCCCN1S(=O)(=O)c1ccccc1. The molecule has 0 atom stereocenters. The van der Waals surface area contributed by atoms with Gasteiger partial charge >= 0.3 is 6.03 Å². The zero-order valence-electron chi connectivity index (χ0n) is 8.59. The number of hydrogen-bond acceptors (Lipinski definition) is 3. The fourth-order valence-electron chi connectivity index (χ4n) is 1.56. The highest BCUT2D eigenvalue weighted by molar-refractivity contribution is 7.89. The second-order valence-electron chi connectivity index (χ2n) is 3.48. The van der Waals surface area contributed by atoms with E-state index in [9.17, 15) is 13.2 Å². The van der Waals surface area contributed by atoms with Crippen LogP contribution < -0.4 is 5.32 Å². The topological polar surface area (TPSA) is 66.5 Å². The summed E-state index contributed by atoms with van der Waals surface area (Å²) in [6.45, 7) is 0.767. The summed E-state index contributed by atoms with van der Waals surface area (Å²) in [6.07, 6.45) is 0.637. The van der Waals surface area contributed by atoms with Crippen molar-refractivity contribution in [2.24, 2.45) is 0 Å². The van der Waals surface area contributed by atoms with Crippen molar-refractivity contribution < 1.29 is 13.2 Å². The third-order valence-electron chi connectivity index (χ3n) is 2.37. The van der Waals surface area contributed by atoms with E-state index in [1.807, 2.05) is 0 Å². The van der Waals surface area contributed by atoms with Gasteiger partial charge in [-0.15, -0.1) is 0 Å². The Bertz CT molecular complexity index is 484. The number of hydrogen-bond donors (Lipinski definition) is 1. The Morgan fingerprint density at radius 2 is 1.88 bits per heavy atom. The van der Waals surface area contributed by atoms with Gasteiger partial charge in [-0.25, -0.2) is 17.5 Å². The molecule has 1 aliphatic heterocycles. The monoisotopic (exact) mass is 240 g/mol. The molecule has 5 nitrogen and oxygen atoms in total. The van der Waals surface area contributed by atoms with Crippen molar-refractivity contribution in [1.82, 2.24) is 9.62 Å². The third-order valence-corrected chi connectivity index (χ3v) is 4.17. The van der Waals surface area contributed by atoms with Crippen molar-refractivity contribution >= 4 is 16.1 Å². The fraction of sp³-hybridized carbons (Fsp3) is 0.300. The van der Waals surface area contributed by atoms with Crippen molar-refractivity contribution in [2.45, 2.75) is 11.3 Å². The number of carbonyl (C=O) groups is 1. The molecule has 6 heteroatoms. The van der Waals surface area contributed by atoms with Gasteiger partial charge in [-0.05, 0) is 18.6 Å². The van der Waals surface area contributed by atoms with Gasteiger partial charge in [0.05, 0.1) is 4.90 Å². The van der Waals surface area contributed by atoms with Crippen LogP contribution in [0, 0.1) is 0 Å². The Morgan fingerprint density at radius 1 is 1.19 bits per heavy atom. The van der Waals surface area contributed by atoms with Gasteiger partial charge < -0.3 is 5.32 Å². The molecular weight excluding hydrogens is 228 g/mol. The van der Waals surface area contributed by atoms with Crippen molar-refractivity contribution in [3.8, 4) is 0 Å². The van der Waals surface area contributed by atoms with Crippen LogP contribution in [0.5, 0.6) is 0 Å². The van der Waals surface area contributed by atoms with E-state index in [-0.39, 0.29) is 11.4 Å². The molecular formula is C10H12N2O3S. The first-order valence-corrected chi connectivity index (χ1v) is 6.42. The molecule has 2 amide bonds. The van der Waals surface area contributed by atoms with Crippen LogP contribution in [0.15, 0.2) is 35.2 Å². The summed E-state index contributed by atoms with van der Waals surface area (Å²) < 4.78 is 25.0. The first kappa shape index (κ1) is 10.9. The molecule has 1 aliphatic rings. The number of nitrogens with zero attached hydrogens (tertiary/aromatic N) is 1. The number of benzene rings is 1. The normalized spacial score (nSPS) is 17.0. The van der Waals surface area contributed by atoms with Crippen LogP contribution in [-0.4, -0.2) is 31.8 Å². The summed E-state index contributed by atoms with van der Waals surface area (Å²) in [5.74, 6) is 0. The first-order chi connectivity index (χ1) is 7.62. The Hall–Kier alpha value is -1.56. The van der Waals surface area contributed by atoms with Gasteiger partial charge in [0.25, 0.3) is 10.0 Å². The third kappa shape index (κ3) is 1.88. The number of rotatable bonds is 2. The molecule has 0 aromatic heterocycles. The summed E-state index contributed by atoms with van der Waals surface area (Å²) >= 11 is 0. The minimum atomic E-state index is -3.69. The molecule has 2 rings (SSSR count). The van der Waals surface area contributed by atoms with Gasteiger partial charge in [0.2, 0.25) is 0 Å². The van der Waals surface area contributed by atoms with Crippen LogP contribution >= 0.6 is 0 Å². The Kier molecular flexibility index (Phi) is 2.82. The molecule has 0 bridgehead atoms. The highest BCUT2D eigenvalue weighted by Gasteiger charge is 2.30. The number of amides is 2. The van der Waals surface area contributed by atoms with Crippen LogP contribution in [0.3, 0.4) is 0 Å². The van der Waals surface area contributed by atoms with Gasteiger partial charge in [-0.1, -0.05) is 18.2 Å². The smallest absolute Gasteiger partial charge is 0.331 e. The summed E-state index contributed by atoms with van der Waals surface area (Å²) in [4.78, 5) is 11.6. The summed E-state index contributed by atoms with van der Waals surface area (Å²) in [7, 11) is -3.69. The molecule has 0 saturated carbocycles. The molecule has 1 N–H and O–H groups in total. The Balaban J connectivity index is 2.35. The summed E-state index contributed by atoms with van der Waals surface area (Å²) in [5, 5.41) is 2.52. The number of nitrogens with one attached hydrogen (secondary N) is 1. The van der Waals surface area contributed by atoms with E-state index in [4.69, 9.17) is 0 Å². The van der Waals surface area contributed by atoms with Gasteiger partial charge in [-0.3, -0.25) is 0 Å². The summed E-state index contributed by atoms with van der Waals surface area (Å²) in [5.41, 5.74) is 0. The molecule has 1 saturated heterocycles. The second kappa shape index (κ2) is 4.13. The van der Waals surface area contributed by atoms with Crippen LogP contribution in [0.1, 0.15) is 6.42 Å². The minimum Gasteiger partial charge on any atom is -0.337 e. The van der Waals surface area contributed by atoms with Crippen LogP contribution in [-0.2, 0) is 10.0 Å². The molecule has 0 aliphatic carbocycles. The predicted octanol–water partition coefficient (Wildman–Crippen LogP) is 0.791. The molecule has 1 heterocycles. The molecule has 86 valence electrons.